The molecule has 8 heteroatoms. The van der Waals surface area contributed by atoms with Gasteiger partial charge in [-0.3, -0.25) is 9.11 Å². The molecular weight excluding hydrogens is 232 g/mol. The minimum atomic E-state index is -4.49. The van der Waals surface area contributed by atoms with E-state index in [1.54, 1.807) is 0 Å². The van der Waals surface area contributed by atoms with Crippen LogP contribution in [0.5, 0.6) is 0 Å². The van der Waals surface area contributed by atoms with Gasteiger partial charge in [-0.2, -0.15) is 16.8 Å². The van der Waals surface area contributed by atoms with Crippen LogP contribution in [0.25, 0.3) is 0 Å². The van der Waals surface area contributed by atoms with Crippen molar-refractivity contribution in [1.29, 1.82) is 0 Å². The van der Waals surface area contributed by atoms with Gasteiger partial charge in [0, 0.05) is 0 Å². The molecule has 14 heavy (non-hydrogen) atoms. The van der Waals surface area contributed by atoms with Gasteiger partial charge in [0.05, 0.1) is 9.79 Å². The third-order valence-electron chi connectivity index (χ3n) is 1.33. The van der Waals surface area contributed by atoms with Crippen molar-refractivity contribution < 1.29 is 25.9 Å². The zero-order chi connectivity index (χ0) is 11.0. The van der Waals surface area contributed by atoms with E-state index in [1.807, 2.05) is 0 Å². The maximum absolute atomic E-state index is 10.6. The van der Waals surface area contributed by atoms with Crippen LogP contribution in [0.15, 0.2) is 28.0 Å². The Morgan fingerprint density at radius 3 is 1.57 bits per heavy atom. The lowest BCUT2D eigenvalue weighted by Crippen LogP contribution is -2.02. The van der Waals surface area contributed by atoms with Gasteiger partial charge in [0.2, 0.25) is 0 Å². The molecule has 0 saturated carbocycles. The Bertz CT molecular complexity index is 494. The molecule has 6 nitrogen and oxygen atoms in total. The normalized spacial score (nSPS) is 12.7. The van der Waals surface area contributed by atoms with Crippen LogP contribution in [-0.4, -0.2) is 25.9 Å². The largest absolute Gasteiger partial charge is 0.294 e. The number of hydrogen-bond donors (Lipinski definition) is 2. The minimum Gasteiger partial charge on any atom is -0.282 e. The second-order valence-electron chi connectivity index (χ2n) is 2.35. The molecule has 0 saturated heterocycles. The van der Waals surface area contributed by atoms with E-state index in [9.17, 15) is 16.8 Å². The number of rotatable bonds is 2. The summed E-state index contributed by atoms with van der Waals surface area (Å²) in [6, 6.07) is 4.55. The summed E-state index contributed by atoms with van der Waals surface area (Å²) in [7, 11) is -8.98. The molecule has 2 N–H and O–H groups in total. The molecule has 0 aliphatic carbocycles. The second-order valence-corrected chi connectivity index (χ2v) is 5.20. The van der Waals surface area contributed by atoms with Crippen LogP contribution in [0.3, 0.4) is 0 Å². The molecular formula is C6H5O6S2. The molecule has 0 aromatic heterocycles. The highest BCUT2D eigenvalue weighted by Crippen LogP contribution is 2.14. The van der Waals surface area contributed by atoms with Crippen molar-refractivity contribution in [3.63, 3.8) is 0 Å². The molecule has 0 heterocycles. The topological polar surface area (TPSA) is 109 Å². The van der Waals surface area contributed by atoms with Gasteiger partial charge < -0.3 is 0 Å². The predicted octanol–water partition coefficient (Wildman–Crippen LogP) is -0.0198. The third kappa shape index (κ3) is 2.51. The van der Waals surface area contributed by atoms with Crippen LogP contribution >= 0.6 is 0 Å². The quantitative estimate of drug-likeness (QED) is 0.700. The lowest BCUT2D eigenvalue weighted by molar-refractivity contribution is 0.481. The first-order valence-electron chi connectivity index (χ1n) is 3.17. The minimum absolute atomic E-state index is 0.626. The van der Waals surface area contributed by atoms with E-state index < -0.39 is 30.0 Å². The second kappa shape index (κ2) is 3.31. The van der Waals surface area contributed by atoms with Crippen molar-refractivity contribution in [2.24, 2.45) is 0 Å². The van der Waals surface area contributed by atoms with E-state index in [0.717, 1.165) is 12.1 Å². The van der Waals surface area contributed by atoms with Gasteiger partial charge in [0.25, 0.3) is 20.2 Å². The summed E-state index contributed by atoms with van der Waals surface area (Å²) in [5.74, 6) is 0. The molecule has 1 aromatic rings. The van der Waals surface area contributed by atoms with Crippen molar-refractivity contribution >= 4 is 20.2 Å². The predicted molar refractivity (Wildman–Crippen MR) is 44.9 cm³/mol. The van der Waals surface area contributed by atoms with Gasteiger partial charge in [-0.1, -0.05) is 0 Å². The van der Waals surface area contributed by atoms with Gasteiger partial charge >= 0.3 is 0 Å². The van der Waals surface area contributed by atoms with Crippen LogP contribution in [0.1, 0.15) is 0 Å². The molecule has 0 aliphatic rings. The van der Waals surface area contributed by atoms with E-state index in [2.05, 4.69) is 6.07 Å². The van der Waals surface area contributed by atoms with Gasteiger partial charge in [0.15, 0.2) is 0 Å². The van der Waals surface area contributed by atoms with E-state index >= 15 is 0 Å². The standard InChI is InChI=1S/C6H5O6S2/c7-13(8,9)5-2-1-3-6(4-5)14(10,11)12/h2-4H,(H,7,8,9)(H,10,11,12). The molecule has 1 rings (SSSR count). The lowest BCUT2D eigenvalue weighted by atomic mass is 10.4. The summed E-state index contributed by atoms with van der Waals surface area (Å²) in [6.07, 6.45) is 0. The molecule has 0 fully saturated rings. The van der Waals surface area contributed by atoms with E-state index in [-0.39, 0.29) is 0 Å². The zero-order valence-electron chi connectivity index (χ0n) is 6.58. The molecule has 0 unspecified atom stereocenters. The van der Waals surface area contributed by atoms with Crippen LogP contribution in [0.2, 0.25) is 0 Å². The average molecular weight is 237 g/mol. The molecule has 1 radical (unpaired) electrons. The summed E-state index contributed by atoms with van der Waals surface area (Å²) in [5.41, 5.74) is 0. The summed E-state index contributed by atoms with van der Waals surface area (Å²) < 4.78 is 59.4. The fraction of sp³-hybridized carbons (Fsp3) is 0. The van der Waals surface area contributed by atoms with Crippen molar-refractivity contribution in [3.05, 3.63) is 24.3 Å². The maximum Gasteiger partial charge on any atom is 0.294 e. The summed E-state index contributed by atoms with van der Waals surface area (Å²) in [5, 5.41) is 0. The number of benzene rings is 1. The van der Waals surface area contributed by atoms with Crippen molar-refractivity contribution in [1.82, 2.24) is 0 Å². The third-order valence-corrected chi connectivity index (χ3v) is 2.99. The maximum atomic E-state index is 10.6. The Labute approximate surface area is 80.7 Å². The molecule has 77 valence electrons. The fourth-order valence-corrected chi connectivity index (χ4v) is 1.79. The fourth-order valence-electron chi connectivity index (χ4n) is 0.727. The Morgan fingerprint density at radius 1 is 0.929 bits per heavy atom. The van der Waals surface area contributed by atoms with Crippen LogP contribution < -0.4 is 0 Å². The molecule has 0 bridgehead atoms. The van der Waals surface area contributed by atoms with Crippen molar-refractivity contribution in [2.75, 3.05) is 0 Å². The highest BCUT2D eigenvalue weighted by Gasteiger charge is 2.15. The van der Waals surface area contributed by atoms with Crippen molar-refractivity contribution in [2.45, 2.75) is 9.79 Å². The van der Waals surface area contributed by atoms with Gasteiger partial charge in [-0.25, -0.2) is 0 Å². The average Bonchev–Trinajstić information content (AvgIpc) is 2.01. The summed E-state index contributed by atoms with van der Waals surface area (Å²) >= 11 is 0. The zero-order valence-corrected chi connectivity index (χ0v) is 8.21. The first-order valence-corrected chi connectivity index (χ1v) is 6.05. The van der Waals surface area contributed by atoms with E-state index in [1.165, 1.54) is 0 Å². The van der Waals surface area contributed by atoms with Gasteiger partial charge in [0.1, 0.15) is 0 Å². The first-order chi connectivity index (χ1) is 6.21. The summed E-state index contributed by atoms with van der Waals surface area (Å²) in [6.45, 7) is 0. The molecule has 0 atom stereocenters. The van der Waals surface area contributed by atoms with E-state index in [4.69, 9.17) is 9.11 Å². The highest BCUT2D eigenvalue weighted by molar-refractivity contribution is 7.86. The smallest absolute Gasteiger partial charge is 0.282 e. The lowest BCUT2D eigenvalue weighted by Gasteiger charge is -1.98. The number of hydrogen-bond acceptors (Lipinski definition) is 4. The van der Waals surface area contributed by atoms with Crippen LogP contribution in [0, 0.1) is 6.07 Å². The van der Waals surface area contributed by atoms with Crippen LogP contribution in [0.4, 0.5) is 0 Å². The summed E-state index contributed by atoms with van der Waals surface area (Å²) in [4.78, 5) is -1.29. The highest BCUT2D eigenvalue weighted by atomic mass is 32.2. The Kier molecular flexibility index (Phi) is 2.63. The SMILES string of the molecule is O=S(=O)(O)c1c[c]cc(S(=O)(=O)O)c1. The van der Waals surface area contributed by atoms with E-state index in [0.29, 0.717) is 6.07 Å². The molecule has 0 spiro atoms. The van der Waals surface area contributed by atoms with Gasteiger partial charge in [-0.15, -0.1) is 0 Å². The Hall–Kier alpha value is -0.960. The molecule has 1 aromatic carbocycles. The molecule has 0 amide bonds. The van der Waals surface area contributed by atoms with Crippen molar-refractivity contribution in [3.8, 4) is 0 Å². The Balaban J connectivity index is 3.44. The van der Waals surface area contributed by atoms with Gasteiger partial charge in [-0.05, 0) is 24.3 Å². The molecule has 0 aliphatic heterocycles. The Morgan fingerprint density at radius 2 is 1.29 bits per heavy atom. The monoisotopic (exact) mass is 237 g/mol. The first kappa shape index (κ1) is 11.1. The van der Waals surface area contributed by atoms with Crippen LogP contribution in [-0.2, 0) is 20.2 Å².